The van der Waals surface area contributed by atoms with Gasteiger partial charge in [0.15, 0.2) is 0 Å². The maximum Gasteiger partial charge on any atom is 0.142 e. The molecule has 1 aromatic heterocycles. The van der Waals surface area contributed by atoms with E-state index < -0.39 is 0 Å². The second-order valence-corrected chi connectivity index (χ2v) is 5.46. The van der Waals surface area contributed by atoms with Crippen molar-refractivity contribution in [3.63, 3.8) is 0 Å². The van der Waals surface area contributed by atoms with Gasteiger partial charge in [0.25, 0.3) is 0 Å². The molecule has 0 amide bonds. The maximum absolute atomic E-state index is 4.54. The van der Waals surface area contributed by atoms with Crippen LogP contribution < -0.4 is 4.90 Å². The fraction of sp³-hybridized carbons (Fsp3) is 0.615. The Labute approximate surface area is 113 Å². The third-order valence-corrected chi connectivity index (χ3v) is 3.15. The first-order valence-electron chi connectivity index (χ1n) is 6.06. The smallest absolute Gasteiger partial charge is 0.142 e. The van der Waals surface area contributed by atoms with E-state index in [2.05, 4.69) is 64.7 Å². The Balaban J connectivity index is 2.81. The lowest BCUT2D eigenvalue weighted by molar-refractivity contribution is 0.412. The van der Waals surface area contributed by atoms with Gasteiger partial charge in [0.05, 0.1) is 4.47 Å². The number of hydrogen-bond acceptors (Lipinski definition) is 3. The van der Waals surface area contributed by atoms with E-state index in [1.807, 2.05) is 6.20 Å². The molecule has 0 N–H and O–H groups in total. The van der Waals surface area contributed by atoms with Crippen molar-refractivity contribution < 1.29 is 0 Å². The van der Waals surface area contributed by atoms with Gasteiger partial charge in [0.1, 0.15) is 5.82 Å². The molecule has 1 heterocycles. The first kappa shape index (κ1) is 14.5. The molecule has 1 aromatic rings. The van der Waals surface area contributed by atoms with Crippen LogP contribution in [0.3, 0.4) is 0 Å². The highest BCUT2D eigenvalue weighted by atomic mass is 79.9. The van der Waals surface area contributed by atoms with Gasteiger partial charge in [-0.3, -0.25) is 0 Å². The maximum atomic E-state index is 4.54. The highest BCUT2D eigenvalue weighted by Gasteiger charge is 2.11. The monoisotopic (exact) mass is 299 g/mol. The third-order valence-electron chi connectivity index (χ3n) is 2.57. The minimum atomic E-state index is 1.01. The number of pyridine rings is 1. The van der Waals surface area contributed by atoms with Crippen LogP contribution >= 0.6 is 15.9 Å². The standard InChI is InChI=1S/C13H22BrN3/c1-5-6-17(8-7-16(3)4)13-12(14)9-11(2)10-15-13/h9-10H,5-8H2,1-4H3. The lowest BCUT2D eigenvalue weighted by Gasteiger charge is -2.26. The average molecular weight is 300 g/mol. The van der Waals surface area contributed by atoms with Crippen molar-refractivity contribution >= 4 is 21.7 Å². The molecule has 0 bridgehead atoms. The molecule has 0 saturated carbocycles. The number of hydrogen-bond donors (Lipinski definition) is 0. The molecule has 4 heteroatoms. The predicted octanol–water partition coefficient (Wildman–Crippen LogP) is 2.93. The van der Waals surface area contributed by atoms with E-state index in [1.165, 1.54) is 5.56 Å². The molecule has 3 nitrogen and oxygen atoms in total. The Morgan fingerprint density at radius 3 is 2.47 bits per heavy atom. The summed E-state index contributed by atoms with van der Waals surface area (Å²) in [5, 5.41) is 0. The summed E-state index contributed by atoms with van der Waals surface area (Å²) in [6, 6.07) is 2.13. The average Bonchev–Trinajstić information content (AvgIpc) is 2.24. The first-order chi connectivity index (χ1) is 8.04. The molecule has 0 spiro atoms. The van der Waals surface area contributed by atoms with Gasteiger partial charge in [0.2, 0.25) is 0 Å². The van der Waals surface area contributed by atoms with Crippen LogP contribution in [0.25, 0.3) is 0 Å². The SMILES string of the molecule is CCCN(CCN(C)C)c1ncc(C)cc1Br. The van der Waals surface area contributed by atoms with Crippen molar-refractivity contribution in [1.82, 2.24) is 9.88 Å². The number of aryl methyl sites for hydroxylation is 1. The number of halogens is 1. The highest BCUT2D eigenvalue weighted by molar-refractivity contribution is 9.10. The second-order valence-electron chi connectivity index (χ2n) is 4.61. The van der Waals surface area contributed by atoms with Crippen LogP contribution in [-0.2, 0) is 0 Å². The van der Waals surface area contributed by atoms with E-state index in [-0.39, 0.29) is 0 Å². The van der Waals surface area contributed by atoms with E-state index in [4.69, 9.17) is 0 Å². The summed E-state index contributed by atoms with van der Waals surface area (Å²) < 4.78 is 1.09. The van der Waals surface area contributed by atoms with Gasteiger partial charge < -0.3 is 9.80 Å². The molecule has 1 rings (SSSR count). The Hall–Kier alpha value is -0.610. The van der Waals surface area contributed by atoms with Gasteiger partial charge >= 0.3 is 0 Å². The zero-order valence-corrected chi connectivity index (χ0v) is 12.8. The summed E-state index contributed by atoms with van der Waals surface area (Å²) in [7, 11) is 4.20. The minimum Gasteiger partial charge on any atom is -0.354 e. The zero-order valence-electron chi connectivity index (χ0n) is 11.2. The van der Waals surface area contributed by atoms with Crippen molar-refractivity contribution in [1.29, 1.82) is 0 Å². The van der Waals surface area contributed by atoms with Gasteiger partial charge in [0, 0.05) is 25.8 Å². The van der Waals surface area contributed by atoms with Crippen LogP contribution in [0.1, 0.15) is 18.9 Å². The molecule has 0 aliphatic rings. The lowest BCUT2D eigenvalue weighted by Crippen LogP contribution is -2.33. The van der Waals surface area contributed by atoms with Gasteiger partial charge in [-0.05, 0) is 55.0 Å². The zero-order chi connectivity index (χ0) is 12.8. The highest BCUT2D eigenvalue weighted by Crippen LogP contribution is 2.24. The van der Waals surface area contributed by atoms with Crippen molar-refractivity contribution in [2.75, 3.05) is 38.6 Å². The van der Waals surface area contributed by atoms with E-state index in [0.29, 0.717) is 0 Å². The van der Waals surface area contributed by atoms with Crippen molar-refractivity contribution in [3.8, 4) is 0 Å². The number of nitrogens with zero attached hydrogens (tertiary/aromatic N) is 3. The molecule has 0 atom stereocenters. The van der Waals surface area contributed by atoms with Crippen LogP contribution in [0.15, 0.2) is 16.7 Å². The summed E-state index contributed by atoms with van der Waals surface area (Å²) in [6.07, 6.45) is 3.06. The van der Waals surface area contributed by atoms with Gasteiger partial charge in [-0.15, -0.1) is 0 Å². The predicted molar refractivity (Wildman–Crippen MR) is 77.7 cm³/mol. The fourth-order valence-corrected chi connectivity index (χ4v) is 2.39. The van der Waals surface area contributed by atoms with E-state index in [0.717, 1.165) is 36.3 Å². The van der Waals surface area contributed by atoms with Crippen LogP contribution in [0.2, 0.25) is 0 Å². The van der Waals surface area contributed by atoms with E-state index in [9.17, 15) is 0 Å². The molecule has 17 heavy (non-hydrogen) atoms. The second kappa shape index (κ2) is 6.97. The van der Waals surface area contributed by atoms with Gasteiger partial charge in [-0.1, -0.05) is 6.92 Å². The number of rotatable bonds is 6. The first-order valence-corrected chi connectivity index (χ1v) is 6.85. The molecule has 0 fully saturated rings. The van der Waals surface area contributed by atoms with Crippen LogP contribution in [0.5, 0.6) is 0 Å². The van der Waals surface area contributed by atoms with Gasteiger partial charge in [-0.25, -0.2) is 4.98 Å². The van der Waals surface area contributed by atoms with Crippen LogP contribution in [0, 0.1) is 6.92 Å². The molecule has 0 radical (unpaired) electrons. The largest absolute Gasteiger partial charge is 0.354 e. The lowest BCUT2D eigenvalue weighted by atomic mass is 10.3. The Morgan fingerprint density at radius 2 is 1.94 bits per heavy atom. The number of anilines is 1. The van der Waals surface area contributed by atoms with Gasteiger partial charge in [-0.2, -0.15) is 0 Å². The number of likely N-dealkylation sites (N-methyl/N-ethyl adjacent to an activating group) is 1. The summed E-state index contributed by atoms with van der Waals surface area (Å²) in [5.74, 6) is 1.05. The Bertz CT molecular complexity index is 353. The normalized spacial score (nSPS) is 10.9. The molecule has 0 aliphatic carbocycles. The molecule has 96 valence electrons. The Kier molecular flexibility index (Phi) is 5.92. The quantitative estimate of drug-likeness (QED) is 0.805. The van der Waals surface area contributed by atoms with E-state index in [1.54, 1.807) is 0 Å². The van der Waals surface area contributed by atoms with Crippen LogP contribution in [-0.4, -0.2) is 43.6 Å². The molecule has 0 aromatic carbocycles. The molecule has 0 unspecified atom stereocenters. The topological polar surface area (TPSA) is 19.4 Å². The van der Waals surface area contributed by atoms with Crippen LogP contribution in [0.4, 0.5) is 5.82 Å². The number of aromatic nitrogens is 1. The molecule has 0 saturated heterocycles. The minimum absolute atomic E-state index is 1.01. The molecule has 0 aliphatic heterocycles. The van der Waals surface area contributed by atoms with Crippen molar-refractivity contribution in [3.05, 3.63) is 22.3 Å². The van der Waals surface area contributed by atoms with Crippen molar-refractivity contribution in [2.24, 2.45) is 0 Å². The summed E-state index contributed by atoms with van der Waals surface area (Å²) >= 11 is 3.61. The summed E-state index contributed by atoms with van der Waals surface area (Å²) in [5.41, 5.74) is 1.18. The summed E-state index contributed by atoms with van der Waals surface area (Å²) in [6.45, 7) is 7.36. The van der Waals surface area contributed by atoms with E-state index >= 15 is 0 Å². The summed E-state index contributed by atoms with van der Waals surface area (Å²) in [4.78, 5) is 9.07. The molecular weight excluding hydrogens is 278 g/mol. The van der Waals surface area contributed by atoms with Crippen molar-refractivity contribution in [2.45, 2.75) is 20.3 Å². The third kappa shape index (κ3) is 4.64. The Morgan fingerprint density at radius 1 is 1.24 bits per heavy atom. The fourth-order valence-electron chi connectivity index (χ4n) is 1.67. The molecular formula is C13H22BrN3.